The van der Waals surface area contributed by atoms with Gasteiger partial charge in [-0.2, -0.15) is 0 Å². The van der Waals surface area contributed by atoms with E-state index >= 15 is 0 Å². The molecule has 0 fully saturated rings. The topological polar surface area (TPSA) is 12.0 Å². The van der Waals surface area contributed by atoms with Crippen LogP contribution in [-0.2, 0) is 6.42 Å². The van der Waals surface area contributed by atoms with Gasteiger partial charge in [-0.05, 0) is 68.2 Å². The number of hydrogen-bond acceptors (Lipinski definition) is 1. The van der Waals surface area contributed by atoms with Crippen LogP contribution < -0.4 is 5.32 Å². The van der Waals surface area contributed by atoms with Gasteiger partial charge in [0.05, 0.1) is 0 Å². The third kappa shape index (κ3) is 4.65. The van der Waals surface area contributed by atoms with E-state index in [1.54, 1.807) is 0 Å². The van der Waals surface area contributed by atoms with Crippen LogP contribution in [0.3, 0.4) is 0 Å². The van der Waals surface area contributed by atoms with Crippen molar-refractivity contribution in [3.8, 4) is 0 Å². The molecule has 1 N–H and O–H groups in total. The molecule has 0 atom stereocenters. The molecule has 0 aromatic heterocycles. The maximum Gasteiger partial charge on any atom is 0.00108 e. The molecule has 108 valence electrons. The lowest BCUT2D eigenvalue weighted by atomic mass is 9.76. The molecule has 1 nitrogen and oxygen atoms in total. The normalized spacial score (nSPS) is 11.8. The van der Waals surface area contributed by atoms with Crippen molar-refractivity contribution in [2.45, 2.75) is 60.3 Å². The van der Waals surface area contributed by atoms with Crippen LogP contribution >= 0.6 is 0 Å². The van der Waals surface area contributed by atoms with Crippen molar-refractivity contribution in [3.05, 3.63) is 34.9 Å². The van der Waals surface area contributed by atoms with Gasteiger partial charge in [0.25, 0.3) is 0 Å². The van der Waals surface area contributed by atoms with E-state index in [1.807, 2.05) is 0 Å². The fourth-order valence-electron chi connectivity index (χ4n) is 2.69. The van der Waals surface area contributed by atoms with E-state index in [9.17, 15) is 0 Å². The number of nitrogens with one attached hydrogen (secondary N) is 1. The molecule has 0 radical (unpaired) electrons. The highest BCUT2D eigenvalue weighted by molar-refractivity contribution is 5.30. The first-order valence-electron chi connectivity index (χ1n) is 7.83. The monoisotopic (exact) mass is 261 g/mol. The smallest absolute Gasteiger partial charge is 0.00108 e. The Morgan fingerprint density at radius 2 is 1.68 bits per heavy atom. The summed E-state index contributed by atoms with van der Waals surface area (Å²) < 4.78 is 0. The minimum Gasteiger partial charge on any atom is -0.316 e. The molecule has 0 saturated carbocycles. The molecule has 0 bridgehead atoms. The van der Waals surface area contributed by atoms with Gasteiger partial charge in [0.1, 0.15) is 0 Å². The summed E-state index contributed by atoms with van der Waals surface area (Å²) in [6, 6.07) is 6.94. The third-order valence-corrected chi connectivity index (χ3v) is 4.58. The van der Waals surface area contributed by atoms with Gasteiger partial charge in [0.15, 0.2) is 0 Å². The van der Waals surface area contributed by atoms with Crippen molar-refractivity contribution in [1.29, 1.82) is 0 Å². The van der Waals surface area contributed by atoms with Crippen LogP contribution in [0, 0.1) is 19.3 Å². The van der Waals surface area contributed by atoms with Gasteiger partial charge in [0, 0.05) is 6.54 Å². The van der Waals surface area contributed by atoms with Gasteiger partial charge in [0.2, 0.25) is 0 Å². The van der Waals surface area contributed by atoms with Gasteiger partial charge in [-0.25, -0.2) is 0 Å². The summed E-state index contributed by atoms with van der Waals surface area (Å²) in [4.78, 5) is 0. The van der Waals surface area contributed by atoms with Crippen LogP contribution in [0.1, 0.15) is 56.7 Å². The fourth-order valence-corrected chi connectivity index (χ4v) is 2.69. The summed E-state index contributed by atoms with van der Waals surface area (Å²) in [7, 11) is 0. The van der Waals surface area contributed by atoms with E-state index in [0.717, 1.165) is 13.1 Å². The maximum absolute atomic E-state index is 3.62. The zero-order valence-corrected chi connectivity index (χ0v) is 13.5. The second-order valence-corrected chi connectivity index (χ2v) is 5.98. The second kappa shape index (κ2) is 7.69. The van der Waals surface area contributed by atoms with Crippen molar-refractivity contribution in [3.63, 3.8) is 0 Å². The van der Waals surface area contributed by atoms with Crippen LogP contribution in [-0.4, -0.2) is 13.1 Å². The summed E-state index contributed by atoms with van der Waals surface area (Å²) in [5, 5.41) is 3.62. The minimum atomic E-state index is 0.414. The van der Waals surface area contributed by atoms with Gasteiger partial charge in [-0.1, -0.05) is 39.0 Å². The first kappa shape index (κ1) is 16.2. The van der Waals surface area contributed by atoms with Crippen LogP contribution in [0.5, 0.6) is 0 Å². The molecule has 0 spiro atoms. The van der Waals surface area contributed by atoms with Crippen molar-refractivity contribution >= 4 is 0 Å². The predicted octanol–water partition coefficient (Wildman–Crippen LogP) is 4.65. The SMILES string of the molecule is CCCNCC(CC)(CC)Cc1ccc(C)c(C)c1. The molecule has 1 heteroatoms. The lowest BCUT2D eigenvalue weighted by Gasteiger charge is -2.32. The molecular weight excluding hydrogens is 230 g/mol. The average molecular weight is 261 g/mol. The molecule has 1 aromatic rings. The Labute approximate surface area is 119 Å². The molecule has 0 aliphatic heterocycles. The molecular formula is C18H31N. The van der Waals surface area contributed by atoms with Crippen molar-refractivity contribution in [2.75, 3.05) is 13.1 Å². The van der Waals surface area contributed by atoms with Gasteiger partial charge < -0.3 is 5.32 Å². The Morgan fingerprint density at radius 1 is 1.00 bits per heavy atom. The van der Waals surface area contributed by atoms with Crippen molar-refractivity contribution in [2.24, 2.45) is 5.41 Å². The van der Waals surface area contributed by atoms with Crippen molar-refractivity contribution < 1.29 is 0 Å². The Bertz CT molecular complexity index is 377. The van der Waals surface area contributed by atoms with E-state index in [-0.39, 0.29) is 0 Å². The van der Waals surface area contributed by atoms with E-state index in [1.165, 1.54) is 42.4 Å². The van der Waals surface area contributed by atoms with E-state index < -0.39 is 0 Å². The second-order valence-electron chi connectivity index (χ2n) is 5.98. The number of rotatable bonds is 8. The highest BCUT2D eigenvalue weighted by Gasteiger charge is 2.26. The molecule has 0 saturated heterocycles. The molecule has 1 rings (SSSR count). The molecule has 0 amide bonds. The highest BCUT2D eigenvalue weighted by Crippen LogP contribution is 2.31. The number of hydrogen-bond donors (Lipinski definition) is 1. The molecule has 0 unspecified atom stereocenters. The predicted molar refractivity (Wildman–Crippen MR) is 85.8 cm³/mol. The van der Waals surface area contributed by atoms with Crippen LogP contribution in [0.2, 0.25) is 0 Å². The summed E-state index contributed by atoms with van der Waals surface area (Å²) in [5.41, 5.74) is 4.72. The van der Waals surface area contributed by atoms with Gasteiger partial charge >= 0.3 is 0 Å². The lowest BCUT2D eigenvalue weighted by molar-refractivity contribution is 0.247. The standard InChI is InChI=1S/C18H31N/c1-6-11-19-14-18(7-2,8-3)13-17-10-9-15(4)16(5)12-17/h9-10,12,19H,6-8,11,13-14H2,1-5H3. The van der Waals surface area contributed by atoms with Crippen LogP contribution in [0.25, 0.3) is 0 Å². The molecule has 0 aliphatic carbocycles. The van der Waals surface area contributed by atoms with Gasteiger partial charge in [-0.3, -0.25) is 0 Å². The molecule has 19 heavy (non-hydrogen) atoms. The van der Waals surface area contributed by atoms with E-state index in [4.69, 9.17) is 0 Å². The maximum atomic E-state index is 3.62. The lowest BCUT2D eigenvalue weighted by Crippen LogP contribution is -2.35. The first-order chi connectivity index (χ1) is 9.06. The fraction of sp³-hybridized carbons (Fsp3) is 0.667. The van der Waals surface area contributed by atoms with Crippen LogP contribution in [0.4, 0.5) is 0 Å². The Kier molecular flexibility index (Phi) is 6.57. The number of benzene rings is 1. The minimum absolute atomic E-state index is 0.414. The van der Waals surface area contributed by atoms with E-state index in [2.05, 4.69) is 58.1 Å². The summed E-state index contributed by atoms with van der Waals surface area (Å²) in [6.45, 7) is 13.6. The van der Waals surface area contributed by atoms with Gasteiger partial charge in [-0.15, -0.1) is 0 Å². The Morgan fingerprint density at radius 3 is 2.21 bits per heavy atom. The summed E-state index contributed by atoms with van der Waals surface area (Å²) in [6.07, 6.45) is 4.89. The Hall–Kier alpha value is -0.820. The summed E-state index contributed by atoms with van der Waals surface area (Å²) >= 11 is 0. The van der Waals surface area contributed by atoms with Crippen LogP contribution in [0.15, 0.2) is 18.2 Å². The van der Waals surface area contributed by atoms with Crippen molar-refractivity contribution in [1.82, 2.24) is 5.32 Å². The molecule has 0 heterocycles. The quantitative estimate of drug-likeness (QED) is 0.672. The first-order valence-corrected chi connectivity index (χ1v) is 7.83. The third-order valence-electron chi connectivity index (χ3n) is 4.58. The molecule has 1 aromatic carbocycles. The van der Waals surface area contributed by atoms with E-state index in [0.29, 0.717) is 5.41 Å². The number of aryl methyl sites for hydroxylation is 2. The highest BCUT2D eigenvalue weighted by atomic mass is 14.9. The molecule has 0 aliphatic rings. The average Bonchev–Trinajstić information content (AvgIpc) is 2.42. The zero-order valence-electron chi connectivity index (χ0n) is 13.5. The zero-order chi connectivity index (χ0) is 14.3. The summed E-state index contributed by atoms with van der Waals surface area (Å²) in [5.74, 6) is 0. The Balaban J connectivity index is 2.78. The largest absolute Gasteiger partial charge is 0.316 e.